The second-order valence-corrected chi connectivity index (χ2v) is 5.34. The number of benzene rings is 2. The molecule has 23 heavy (non-hydrogen) atoms. The Hall–Kier alpha value is -2.89. The first-order chi connectivity index (χ1) is 11.3. The summed E-state index contributed by atoms with van der Waals surface area (Å²) in [7, 11) is 1.67. The van der Waals surface area contributed by atoms with Gasteiger partial charge in [-0.2, -0.15) is 19.9 Å². The fourth-order valence-corrected chi connectivity index (χ4v) is 2.57. The van der Waals surface area contributed by atoms with Crippen molar-refractivity contribution in [1.29, 1.82) is 0 Å². The maximum atomic E-state index is 8.12. The average molecular weight is 327 g/mol. The minimum atomic E-state index is 0.250. The fourth-order valence-electron chi connectivity index (χ4n) is 1.86. The van der Waals surface area contributed by atoms with Crippen LogP contribution in [-0.2, 0) is 9.59 Å². The highest BCUT2D eigenvalue weighted by atomic mass is 32.2. The molecular formula is C16H13N3O3S. The van der Waals surface area contributed by atoms with Crippen molar-refractivity contribution in [2.75, 3.05) is 7.11 Å². The Labute approximate surface area is 136 Å². The zero-order chi connectivity index (χ0) is 16.5. The van der Waals surface area contributed by atoms with Crippen LogP contribution in [0.4, 0.5) is 0 Å². The molecule has 0 aliphatic heterocycles. The molecule has 0 atom stereocenters. The number of carbonyl (C=O) groups excluding carboxylic acids is 2. The minimum absolute atomic E-state index is 0.250. The lowest BCUT2D eigenvalue weighted by molar-refractivity contribution is -0.191. The van der Waals surface area contributed by atoms with Crippen molar-refractivity contribution in [2.24, 2.45) is 0 Å². The predicted octanol–water partition coefficient (Wildman–Crippen LogP) is 3.05. The number of methoxy groups -OCH3 is 1. The Morgan fingerprint density at radius 1 is 1.00 bits per heavy atom. The lowest BCUT2D eigenvalue weighted by Gasteiger charge is -2.05. The van der Waals surface area contributed by atoms with Gasteiger partial charge >= 0.3 is 6.15 Å². The van der Waals surface area contributed by atoms with Crippen molar-refractivity contribution in [3.8, 4) is 16.9 Å². The van der Waals surface area contributed by atoms with Crippen LogP contribution in [0.1, 0.15) is 0 Å². The third-order valence-corrected chi connectivity index (χ3v) is 3.81. The monoisotopic (exact) mass is 327 g/mol. The second kappa shape index (κ2) is 8.53. The number of nitrogens with zero attached hydrogens (tertiary/aromatic N) is 2. The van der Waals surface area contributed by atoms with Crippen LogP contribution in [0.2, 0.25) is 0 Å². The Balaban J connectivity index is 0.000000595. The highest BCUT2D eigenvalue weighted by Gasteiger charge is 2.02. The fraction of sp³-hybridized carbons (Fsp3) is 0.0625. The number of hydrogen-bond donors (Lipinski definition) is 1. The number of rotatable bonds is 4. The Bertz CT molecular complexity index is 750. The molecule has 0 saturated carbocycles. The zero-order valence-electron chi connectivity index (χ0n) is 12.2. The number of H-pyrrole nitrogens is 1. The van der Waals surface area contributed by atoms with E-state index in [0.29, 0.717) is 0 Å². The molecule has 0 radical (unpaired) electrons. The molecule has 6 nitrogen and oxygen atoms in total. The second-order valence-electron chi connectivity index (χ2n) is 4.25. The highest BCUT2D eigenvalue weighted by molar-refractivity contribution is 7.99. The van der Waals surface area contributed by atoms with E-state index in [1.165, 1.54) is 11.1 Å². The topological polar surface area (TPSA) is 84.9 Å². The summed E-state index contributed by atoms with van der Waals surface area (Å²) in [5.41, 5.74) is 2.35. The summed E-state index contributed by atoms with van der Waals surface area (Å²) in [6, 6.07) is 16.4. The van der Waals surface area contributed by atoms with E-state index in [2.05, 4.69) is 51.8 Å². The smallest absolute Gasteiger partial charge is 0.373 e. The van der Waals surface area contributed by atoms with E-state index in [0.717, 1.165) is 15.7 Å². The predicted molar refractivity (Wildman–Crippen MR) is 83.9 cm³/mol. The van der Waals surface area contributed by atoms with E-state index in [1.54, 1.807) is 25.1 Å². The van der Waals surface area contributed by atoms with Crippen molar-refractivity contribution in [3.63, 3.8) is 0 Å². The highest BCUT2D eigenvalue weighted by Crippen LogP contribution is 2.28. The maximum Gasteiger partial charge on any atom is 0.373 e. The molecule has 1 N–H and O–H groups in total. The first-order valence-corrected chi connectivity index (χ1v) is 7.36. The molecule has 0 aliphatic carbocycles. The first kappa shape index (κ1) is 16.5. The molecule has 0 bridgehead atoms. The van der Waals surface area contributed by atoms with Crippen LogP contribution < -0.4 is 4.74 Å². The Morgan fingerprint density at radius 3 is 2.04 bits per heavy atom. The number of aromatic nitrogens is 3. The van der Waals surface area contributed by atoms with Crippen molar-refractivity contribution >= 4 is 17.9 Å². The van der Waals surface area contributed by atoms with Gasteiger partial charge in [0, 0.05) is 4.90 Å². The quantitative estimate of drug-likeness (QED) is 0.793. The van der Waals surface area contributed by atoms with Gasteiger partial charge in [0.05, 0.1) is 13.3 Å². The molecule has 2 aromatic carbocycles. The summed E-state index contributed by atoms with van der Waals surface area (Å²) < 4.78 is 5.16. The van der Waals surface area contributed by atoms with Crippen LogP contribution in [0.15, 0.2) is 64.6 Å². The minimum Gasteiger partial charge on any atom is -0.497 e. The standard InChI is InChI=1S/C15H13N3OS.CO2/c1-19-13-6-2-11(3-7-13)12-4-8-14(9-5-12)20-15-10-16-18-17-15;2-1-3/h2-10H,1H3,(H,16,17,18);. The van der Waals surface area contributed by atoms with Gasteiger partial charge in [-0.1, -0.05) is 36.0 Å². The SMILES string of the molecule is COc1ccc(-c2ccc(Sc3cn[nH]n3)cc2)cc1.O=C=O. The molecule has 3 aromatic rings. The summed E-state index contributed by atoms with van der Waals surface area (Å²) in [4.78, 5) is 17.4. The van der Waals surface area contributed by atoms with E-state index in [9.17, 15) is 0 Å². The Kier molecular flexibility index (Phi) is 6.11. The first-order valence-electron chi connectivity index (χ1n) is 6.54. The van der Waals surface area contributed by atoms with Crippen molar-refractivity contribution in [2.45, 2.75) is 9.92 Å². The summed E-state index contributed by atoms with van der Waals surface area (Å²) in [6.45, 7) is 0. The van der Waals surface area contributed by atoms with Gasteiger partial charge in [-0.15, -0.1) is 5.10 Å². The normalized spacial score (nSPS) is 9.43. The van der Waals surface area contributed by atoms with Gasteiger partial charge in [0.25, 0.3) is 0 Å². The lowest BCUT2D eigenvalue weighted by Crippen LogP contribution is -1.83. The largest absolute Gasteiger partial charge is 0.497 e. The lowest BCUT2D eigenvalue weighted by atomic mass is 10.1. The van der Waals surface area contributed by atoms with Crippen molar-refractivity contribution in [3.05, 3.63) is 54.7 Å². The van der Waals surface area contributed by atoms with Crippen molar-refractivity contribution < 1.29 is 14.3 Å². The molecule has 7 heteroatoms. The number of hydrogen-bond acceptors (Lipinski definition) is 6. The zero-order valence-corrected chi connectivity index (χ0v) is 13.0. The molecule has 0 fully saturated rings. The third kappa shape index (κ3) is 4.81. The summed E-state index contributed by atoms with van der Waals surface area (Å²) in [5.74, 6) is 0.868. The van der Waals surface area contributed by atoms with Gasteiger partial charge in [-0.05, 0) is 35.4 Å². The van der Waals surface area contributed by atoms with Crippen LogP contribution in [0.3, 0.4) is 0 Å². The van der Waals surface area contributed by atoms with Crippen LogP contribution in [0.25, 0.3) is 11.1 Å². The van der Waals surface area contributed by atoms with Crippen LogP contribution in [0, 0.1) is 0 Å². The number of ether oxygens (including phenoxy) is 1. The van der Waals surface area contributed by atoms with Gasteiger partial charge in [0.1, 0.15) is 10.8 Å². The molecular weight excluding hydrogens is 314 g/mol. The number of nitrogens with one attached hydrogen (secondary N) is 1. The van der Waals surface area contributed by atoms with Gasteiger partial charge in [0.15, 0.2) is 0 Å². The van der Waals surface area contributed by atoms with Gasteiger partial charge < -0.3 is 4.74 Å². The van der Waals surface area contributed by atoms with E-state index in [-0.39, 0.29) is 6.15 Å². The maximum absolute atomic E-state index is 8.12. The van der Waals surface area contributed by atoms with E-state index < -0.39 is 0 Å². The molecule has 1 heterocycles. The summed E-state index contributed by atoms with van der Waals surface area (Å²) in [6.07, 6.45) is 1.96. The third-order valence-electron chi connectivity index (χ3n) is 2.89. The van der Waals surface area contributed by atoms with Gasteiger partial charge in [-0.3, -0.25) is 0 Å². The van der Waals surface area contributed by atoms with E-state index >= 15 is 0 Å². The molecule has 0 aliphatic rings. The summed E-state index contributed by atoms with van der Waals surface area (Å²) >= 11 is 1.58. The molecule has 1 aromatic heterocycles. The summed E-state index contributed by atoms with van der Waals surface area (Å²) in [5, 5.41) is 11.3. The Morgan fingerprint density at radius 2 is 1.57 bits per heavy atom. The van der Waals surface area contributed by atoms with E-state index in [4.69, 9.17) is 14.3 Å². The molecule has 3 rings (SSSR count). The number of aromatic amines is 1. The molecule has 0 spiro atoms. The molecule has 0 unspecified atom stereocenters. The molecule has 116 valence electrons. The van der Waals surface area contributed by atoms with E-state index in [1.807, 2.05) is 12.1 Å². The van der Waals surface area contributed by atoms with Gasteiger partial charge in [-0.25, -0.2) is 0 Å². The van der Waals surface area contributed by atoms with Gasteiger partial charge in [0.2, 0.25) is 0 Å². The van der Waals surface area contributed by atoms with Crippen LogP contribution in [-0.4, -0.2) is 28.7 Å². The average Bonchev–Trinajstić information content (AvgIpc) is 3.09. The van der Waals surface area contributed by atoms with Crippen molar-refractivity contribution in [1.82, 2.24) is 15.4 Å². The van der Waals surface area contributed by atoms with Crippen LogP contribution in [0.5, 0.6) is 5.75 Å². The molecule has 0 saturated heterocycles. The molecule has 0 amide bonds. The van der Waals surface area contributed by atoms with Crippen LogP contribution >= 0.6 is 11.8 Å².